The summed E-state index contributed by atoms with van der Waals surface area (Å²) in [6, 6.07) is 22.7. The molecule has 1 N–H and O–H groups in total. The van der Waals surface area contributed by atoms with Gasteiger partial charge in [0.15, 0.2) is 5.78 Å². The second-order valence-corrected chi connectivity index (χ2v) is 5.25. The molecule has 0 unspecified atom stereocenters. The zero-order valence-corrected chi connectivity index (χ0v) is 12.2. The van der Waals surface area contributed by atoms with Crippen molar-refractivity contribution in [1.29, 1.82) is 0 Å². The fourth-order valence-electron chi connectivity index (χ4n) is 2.75. The van der Waals surface area contributed by atoms with Gasteiger partial charge in [-0.1, -0.05) is 71.9 Å². The van der Waals surface area contributed by atoms with E-state index >= 15 is 0 Å². The van der Waals surface area contributed by atoms with Gasteiger partial charge in [0.1, 0.15) is 5.52 Å². The molecule has 4 nitrogen and oxygen atoms in total. The van der Waals surface area contributed by atoms with Crippen LogP contribution >= 0.6 is 0 Å². The molecule has 1 aromatic heterocycles. The highest BCUT2D eigenvalue weighted by Gasteiger charge is 2.16. The highest BCUT2D eigenvalue weighted by atomic mass is 16.1. The van der Waals surface area contributed by atoms with E-state index in [1.807, 2.05) is 72.8 Å². The molecule has 4 aromatic rings. The molecule has 0 aliphatic carbocycles. The van der Waals surface area contributed by atoms with Gasteiger partial charge in [-0.25, -0.2) is 0 Å². The highest BCUT2D eigenvalue weighted by Crippen LogP contribution is 2.30. The van der Waals surface area contributed by atoms with Crippen LogP contribution in [0.15, 0.2) is 72.8 Å². The van der Waals surface area contributed by atoms with E-state index < -0.39 is 0 Å². The number of nitrogens with zero attached hydrogens (tertiary/aromatic N) is 2. The molecule has 0 bridgehead atoms. The molecule has 110 valence electrons. The van der Waals surface area contributed by atoms with Crippen molar-refractivity contribution in [2.24, 2.45) is 0 Å². The normalized spacial score (nSPS) is 10.8. The van der Waals surface area contributed by atoms with Crippen molar-refractivity contribution in [1.82, 2.24) is 15.4 Å². The number of carbonyl (C=O) groups is 1. The molecule has 0 radical (unpaired) electrons. The van der Waals surface area contributed by atoms with Crippen LogP contribution in [-0.2, 0) is 0 Å². The van der Waals surface area contributed by atoms with Crippen LogP contribution in [0.1, 0.15) is 15.9 Å². The minimum atomic E-state index is 0.00157. The van der Waals surface area contributed by atoms with Gasteiger partial charge >= 0.3 is 0 Å². The third kappa shape index (κ3) is 2.30. The number of ketones is 1. The Kier molecular flexibility index (Phi) is 3.20. The largest absolute Gasteiger partial charge is 0.289 e. The van der Waals surface area contributed by atoms with Crippen molar-refractivity contribution in [3.05, 3.63) is 83.9 Å². The SMILES string of the molecule is O=C(c1ccccc1)c1ccccc1-c1cccc2[nH]nnc12. The van der Waals surface area contributed by atoms with Gasteiger partial charge in [-0.2, -0.15) is 0 Å². The summed E-state index contributed by atoms with van der Waals surface area (Å²) in [6.45, 7) is 0. The van der Waals surface area contributed by atoms with Crippen molar-refractivity contribution in [2.45, 2.75) is 0 Å². The Bertz CT molecular complexity index is 990. The van der Waals surface area contributed by atoms with Crippen LogP contribution in [0.2, 0.25) is 0 Å². The van der Waals surface area contributed by atoms with Gasteiger partial charge in [0, 0.05) is 16.7 Å². The molecule has 0 amide bonds. The van der Waals surface area contributed by atoms with Crippen LogP contribution in [0.3, 0.4) is 0 Å². The molecule has 0 atom stereocenters. The Morgan fingerprint density at radius 1 is 0.783 bits per heavy atom. The van der Waals surface area contributed by atoms with E-state index in [-0.39, 0.29) is 5.78 Å². The summed E-state index contributed by atoms with van der Waals surface area (Å²) < 4.78 is 0. The van der Waals surface area contributed by atoms with Crippen molar-refractivity contribution in [3.8, 4) is 11.1 Å². The standard InChI is InChI=1S/C19H13N3O/c23-19(13-7-2-1-3-8-13)16-10-5-4-9-14(16)15-11-6-12-17-18(15)21-22-20-17/h1-12H,(H,20,21,22). The Hall–Kier alpha value is -3.27. The van der Waals surface area contributed by atoms with Crippen LogP contribution in [0.5, 0.6) is 0 Å². The van der Waals surface area contributed by atoms with Crippen LogP contribution in [0.25, 0.3) is 22.2 Å². The van der Waals surface area contributed by atoms with E-state index in [9.17, 15) is 4.79 Å². The Morgan fingerprint density at radius 3 is 2.39 bits per heavy atom. The van der Waals surface area contributed by atoms with E-state index in [1.54, 1.807) is 0 Å². The van der Waals surface area contributed by atoms with Gasteiger partial charge < -0.3 is 0 Å². The first-order chi connectivity index (χ1) is 11.3. The molecule has 1 heterocycles. The Morgan fingerprint density at radius 2 is 1.52 bits per heavy atom. The lowest BCUT2D eigenvalue weighted by molar-refractivity contribution is 0.103. The molecule has 0 aliphatic heterocycles. The quantitative estimate of drug-likeness (QED) is 0.584. The van der Waals surface area contributed by atoms with E-state index in [0.717, 1.165) is 22.2 Å². The molecule has 0 spiro atoms. The minimum Gasteiger partial charge on any atom is -0.289 e. The molecule has 0 aliphatic rings. The Balaban J connectivity index is 1.91. The monoisotopic (exact) mass is 299 g/mol. The predicted molar refractivity (Wildman–Crippen MR) is 89.2 cm³/mol. The lowest BCUT2D eigenvalue weighted by Gasteiger charge is -2.09. The molecule has 0 saturated heterocycles. The summed E-state index contributed by atoms with van der Waals surface area (Å²) in [4.78, 5) is 12.9. The number of aromatic nitrogens is 3. The van der Waals surface area contributed by atoms with Gasteiger partial charge in [-0.05, 0) is 11.6 Å². The lowest BCUT2D eigenvalue weighted by Crippen LogP contribution is -2.03. The van der Waals surface area contributed by atoms with E-state index in [0.29, 0.717) is 11.1 Å². The zero-order valence-electron chi connectivity index (χ0n) is 12.2. The highest BCUT2D eigenvalue weighted by molar-refractivity contribution is 6.14. The van der Waals surface area contributed by atoms with Gasteiger partial charge in [0.25, 0.3) is 0 Å². The van der Waals surface area contributed by atoms with Gasteiger partial charge in [0.05, 0.1) is 5.52 Å². The van der Waals surface area contributed by atoms with Crippen molar-refractivity contribution < 1.29 is 4.79 Å². The number of fused-ring (bicyclic) bond motifs is 1. The van der Waals surface area contributed by atoms with Gasteiger partial charge in [0.2, 0.25) is 0 Å². The van der Waals surface area contributed by atoms with Crippen LogP contribution in [0, 0.1) is 0 Å². The molecule has 4 rings (SSSR count). The third-order valence-corrected chi connectivity index (χ3v) is 3.85. The maximum Gasteiger partial charge on any atom is 0.193 e. The molecular weight excluding hydrogens is 286 g/mol. The fourth-order valence-corrected chi connectivity index (χ4v) is 2.75. The smallest absolute Gasteiger partial charge is 0.193 e. The van der Waals surface area contributed by atoms with Crippen molar-refractivity contribution in [2.75, 3.05) is 0 Å². The minimum absolute atomic E-state index is 0.00157. The summed E-state index contributed by atoms with van der Waals surface area (Å²) in [6.07, 6.45) is 0. The number of carbonyl (C=O) groups excluding carboxylic acids is 1. The number of H-pyrrole nitrogens is 1. The fraction of sp³-hybridized carbons (Fsp3) is 0. The first kappa shape index (κ1) is 13.4. The average molecular weight is 299 g/mol. The number of benzene rings is 3. The molecule has 23 heavy (non-hydrogen) atoms. The zero-order chi connectivity index (χ0) is 15.6. The average Bonchev–Trinajstić information content (AvgIpc) is 3.10. The second kappa shape index (κ2) is 5.50. The first-order valence-corrected chi connectivity index (χ1v) is 7.33. The molecule has 0 fully saturated rings. The second-order valence-electron chi connectivity index (χ2n) is 5.25. The van der Waals surface area contributed by atoms with Crippen LogP contribution in [0.4, 0.5) is 0 Å². The maximum atomic E-state index is 12.9. The number of nitrogens with one attached hydrogen (secondary N) is 1. The van der Waals surface area contributed by atoms with E-state index in [2.05, 4.69) is 15.4 Å². The number of aromatic amines is 1. The molecule has 3 aromatic carbocycles. The summed E-state index contributed by atoms with van der Waals surface area (Å²) in [5.41, 5.74) is 4.71. The van der Waals surface area contributed by atoms with Crippen LogP contribution in [-0.4, -0.2) is 21.2 Å². The van der Waals surface area contributed by atoms with Crippen molar-refractivity contribution >= 4 is 16.8 Å². The topological polar surface area (TPSA) is 58.6 Å². The molecular formula is C19H13N3O. The third-order valence-electron chi connectivity index (χ3n) is 3.85. The number of hydrogen-bond acceptors (Lipinski definition) is 3. The number of hydrogen-bond donors (Lipinski definition) is 1. The van der Waals surface area contributed by atoms with Crippen LogP contribution < -0.4 is 0 Å². The Labute approximate surface area is 132 Å². The lowest BCUT2D eigenvalue weighted by atomic mass is 9.93. The van der Waals surface area contributed by atoms with Crippen molar-refractivity contribution in [3.63, 3.8) is 0 Å². The van der Waals surface area contributed by atoms with Gasteiger partial charge in [-0.15, -0.1) is 5.10 Å². The summed E-state index contributed by atoms with van der Waals surface area (Å²) in [7, 11) is 0. The molecule has 0 saturated carbocycles. The summed E-state index contributed by atoms with van der Waals surface area (Å²) >= 11 is 0. The van der Waals surface area contributed by atoms with Gasteiger partial charge in [-0.3, -0.25) is 9.89 Å². The van der Waals surface area contributed by atoms with E-state index in [1.165, 1.54) is 0 Å². The van der Waals surface area contributed by atoms with E-state index in [4.69, 9.17) is 0 Å². The predicted octanol–water partition coefficient (Wildman–Crippen LogP) is 3.86. The maximum absolute atomic E-state index is 12.9. The summed E-state index contributed by atoms with van der Waals surface area (Å²) in [5.74, 6) is 0.00157. The first-order valence-electron chi connectivity index (χ1n) is 7.33. The summed E-state index contributed by atoms with van der Waals surface area (Å²) in [5, 5.41) is 10.9. The molecule has 4 heteroatoms. The number of rotatable bonds is 3.